The van der Waals surface area contributed by atoms with Crippen molar-refractivity contribution in [2.75, 3.05) is 6.61 Å². The molecule has 2 atom stereocenters. The van der Waals surface area contributed by atoms with Crippen molar-refractivity contribution >= 4 is 22.8 Å². The summed E-state index contributed by atoms with van der Waals surface area (Å²) in [6.45, 7) is 0.342. The third-order valence-corrected chi connectivity index (χ3v) is 3.84. The van der Waals surface area contributed by atoms with Gasteiger partial charge in [0.05, 0.1) is 23.7 Å². The van der Waals surface area contributed by atoms with Crippen molar-refractivity contribution in [3.8, 4) is 0 Å². The smallest absolute Gasteiger partial charge is 0.334 e. The van der Waals surface area contributed by atoms with E-state index < -0.39 is 18.1 Å². The van der Waals surface area contributed by atoms with Crippen LogP contribution in [0.15, 0.2) is 24.3 Å². The number of para-hydroxylation sites is 1. The van der Waals surface area contributed by atoms with E-state index in [0.29, 0.717) is 18.7 Å². The van der Waals surface area contributed by atoms with Crippen LogP contribution in [0.4, 0.5) is 0 Å². The Bertz CT molecular complexity index is 725. The van der Waals surface area contributed by atoms with E-state index in [-0.39, 0.29) is 12.3 Å². The lowest BCUT2D eigenvalue weighted by molar-refractivity contribution is -0.148. The number of benzene rings is 1. The fourth-order valence-corrected chi connectivity index (χ4v) is 2.81. The molecule has 7 heteroatoms. The molecule has 1 fully saturated rings. The molecule has 0 unspecified atom stereocenters. The molecule has 1 aliphatic rings. The van der Waals surface area contributed by atoms with Crippen LogP contribution in [0.1, 0.15) is 12.1 Å². The van der Waals surface area contributed by atoms with E-state index in [1.54, 1.807) is 4.68 Å². The Kier molecular flexibility index (Phi) is 3.81. The van der Waals surface area contributed by atoms with E-state index in [9.17, 15) is 9.59 Å². The number of carboxylic acids is 1. The molecule has 1 aromatic heterocycles. The summed E-state index contributed by atoms with van der Waals surface area (Å²) in [5.74, 6) is -1.29. The zero-order chi connectivity index (χ0) is 15.7. The minimum absolute atomic E-state index is 0.115. The van der Waals surface area contributed by atoms with Gasteiger partial charge in [0.15, 0.2) is 6.10 Å². The molecule has 1 amide bonds. The Morgan fingerprint density at radius 3 is 3.00 bits per heavy atom. The van der Waals surface area contributed by atoms with Gasteiger partial charge < -0.3 is 15.2 Å². The van der Waals surface area contributed by atoms with Gasteiger partial charge in [-0.25, -0.2) is 4.79 Å². The monoisotopic (exact) mass is 303 g/mol. The molecule has 0 saturated carbocycles. The van der Waals surface area contributed by atoms with Crippen LogP contribution in [-0.2, 0) is 27.8 Å². The van der Waals surface area contributed by atoms with Gasteiger partial charge in [-0.1, -0.05) is 18.2 Å². The zero-order valence-electron chi connectivity index (χ0n) is 12.2. The first-order valence-corrected chi connectivity index (χ1v) is 7.10. The summed E-state index contributed by atoms with van der Waals surface area (Å²) in [4.78, 5) is 23.2. The first kappa shape index (κ1) is 14.5. The third kappa shape index (κ3) is 2.67. The first-order chi connectivity index (χ1) is 10.6. The number of rotatable bonds is 4. The molecule has 3 rings (SSSR count). The fraction of sp³-hybridized carbons (Fsp3) is 0.400. The van der Waals surface area contributed by atoms with E-state index in [1.165, 1.54) is 0 Å². The number of nitrogens with one attached hydrogen (secondary N) is 1. The van der Waals surface area contributed by atoms with Gasteiger partial charge >= 0.3 is 5.97 Å². The Hall–Kier alpha value is -2.41. The molecule has 22 heavy (non-hydrogen) atoms. The van der Waals surface area contributed by atoms with Crippen molar-refractivity contribution in [1.82, 2.24) is 15.1 Å². The van der Waals surface area contributed by atoms with E-state index in [2.05, 4.69) is 10.4 Å². The van der Waals surface area contributed by atoms with Crippen molar-refractivity contribution in [3.05, 3.63) is 30.0 Å². The average molecular weight is 303 g/mol. The molecule has 0 spiro atoms. The fourth-order valence-electron chi connectivity index (χ4n) is 2.81. The molecule has 2 aromatic rings. The second kappa shape index (κ2) is 5.76. The van der Waals surface area contributed by atoms with Crippen LogP contribution in [0.25, 0.3) is 10.9 Å². The lowest BCUT2D eigenvalue weighted by Crippen LogP contribution is -2.44. The van der Waals surface area contributed by atoms with Crippen LogP contribution in [0.3, 0.4) is 0 Å². The number of fused-ring (bicyclic) bond motifs is 1. The zero-order valence-corrected chi connectivity index (χ0v) is 12.2. The van der Waals surface area contributed by atoms with Gasteiger partial charge in [0.2, 0.25) is 5.91 Å². The Morgan fingerprint density at radius 2 is 2.23 bits per heavy atom. The molecule has 0 aliphatic carbocycles. The first-order valence-electron chi connectivity index (χ1n) is 7.10. The summed E-state index contributed by atoms with van der Waals surface area (Å²) in [6.07, 6.45) is -0.347. The van der Waals surface area contributed by atoms with Crippen LogP contribution in [0, 0.1) is 0 Å². The number of aliphatic carboxylic acids is 1. The highest BCUT2D eigenvalue weighted by atomic mass is 16.5. The summed E-state index contributed by atoms with van der Waals surface area (Å²) in [5.41, 5.74) is 1.64. The molecular formula is C15H17N3O4. The third-order valence-electron chi connectivity index (χ3n) is 3.84. The van der Waals surface area contributed by atoms with Gasteiger partial charge in [0, 0.05) is 19.0 Å². The number of nitrogens with zero attached hydrogens (tertiary/aromatic N) is 2. The van der Waals surface area contributed by atoms with E-state index >= 15 is 0 Å². The van der Waals surface area contributed by atoms with Gasteiger partial charge in [-0.2, -0.15) is 5.10 Å². The molecule has 2 heterocycles. The maximum absolute atomic E-state index is 12.2. The second-order valence-corrected chi connectivity index (χ2v) is 5.36. The topological polar surface area (TPSA) is 93.5 Å². The lowest BCUT2D eigenvalue weighted by Gasteiger charge is -2.15. The molecule has 7 nitrogen and oxygen atoms in total. The number of carbonyl (C=O) groups excluding carboxylic acids is 1. The van der Waals surface area contributed by atoms with E-state index in [0.717, 1.165) is 10.9 Å². The molecule has 1 aromatic carbocycles. The molecule has 1 aliphatic heterocycles. The van der Waals surface area contributed by atoms with Crippen LogP contribution in [-0.4, -0.2) is 45.5 Å². The summed E-state index contributed by atoms with van der Waals surface area (Å²) in [5, 5.41) is 17.1. The SMILES string of the molecule is Cn1nc(CC(=O)N[C@@H]2CCO[C@@H]2C(=O)O)c2ccccc21. The summed E-state index contributed by atoms with van der Waals surface area (Å²) >= 11 is 0. The normalized spacial score (nSPS) is 21.1. The highest BCUT2D eigenvalue weighted by Gasteiger charge is 2.35. The van der Waals surface area contributed by atoms with Gasteiger partial charge in [-0.3, -0.25) is 9.48 Å². The minimum Gasteiger partial charge on any atom is -0.479 e. The Balaban J connectivity index is 1.72. The number of hydrogen-bond donors (Lipinski definition) is 2. The van der Waals surface area contributed by atoms with Crippen molar-refractivity contribution in [3.63, 3.8) is 0 Å². The van der Waals surface area contributed by atoms with Gasteiger partial charge in [-0.05, 0) is 12.5 Å². The van der Waals surface area contributed by atoms with Crippen molar-refractivity contribution in [1.29, 1.82) is 0 Å². The molecule has 1 saturated heterocycles. The summed E-state index contributed by atoms with van der Waals surface area (Å²) in [6, 6.07) is 7.19. The molecule has 0 bridgehead atoms. The summed E-state index contributed by atoms with van der Waals surface area (Å²) < 4.78 is 6.85. The number of aryl methyl sites for hydroxylation is 1. The van der Waals surface area contributed by atoms with Crippen molar-refractivity contribution in [2.24, 2.45) is 7.05 Å². The summed E-state index contributed by atoms with van der Waals surface area (Å²) in [7, 11) is 1.83. The maximum atomic E-state index is 12.2. The maximum Gasteiger partial charge on any atom is 0.334 e. The van der Waals surface area contributed by atoms with Crippen molar-refractivity contribution in [2.45, 2.75) is 25.0 Å². The predicted octanol–water partition coefficient (Wildman–Crippen LogP) is 0.474. The minimum atomic E-state index is -1.05. The van der Waals surface area contributed by atoms with Crippen LogP contribution < -0.4 is 5.32 Å². The number of carbonyl (C=O) groups is 2. The van der Waals surface area contributed by atoms with Crippen molar-refractivity contribution < 1.29 is 19.4 Å². The second-order valence-electron chi connectivity index (χ2n) is 5.36. The lowest BCUT2D eigenvalue weighted by atomic mass is 10.1. The van der Waals surface area contributed by atoms with Gasteiger partial charge in [0.25, 0.3) is 0 Å². The van der Waals surface area contributed by atoms with Gasteiger partial charge in [-0.15, -0.1) is 0 Å². The Labute approximate surface area is 126 Å². The number of hydrogen-bond acceptors (Lipinski definition) is 4. The largest absolute Gasteiger partial charge is 0.479 e. The van der Waals surface area contributed by atoms with E-state index in [1.807, 2.05) is 31.3 Å². The highest BCUT2D eigenvalue weighted by molar-refractivity contribution is 5.88. The van der Waals surface area contributed by atoms with Crippen LogP contribution in [0.2, 0.25) is 0 Å². The average Bonchev–Trinajstić information content (AvgIpc) is 3.05. The number of amides is 1. The van der Waals surface area contributed by atoms with Gasteiger partial charge in [0.1, 0.15) is 0 Å². The highest BCUT2D eigenvalue weighted by Crippen LogP contribution is 2.18. The van der Waals surface area contributed by atoms with E-state index in [4.69, 9.17) is 9.84 Å². The van der Waals surface area contributed by atoms with Crippen LogP contribution >= 0.6 is 0 Å². The number of carboxylic acid groups (broad SMARTS) is 1. The Morgan fingerprint density at radius 1 is 1.45 bits per heavy atom. The predicted molar refractivity (Wildman–Crippen MR) is 78.3 cm³/mol. The number of ether oxygens (including phenoxy) is 1. The number of aromatic nitrogens is 2. The molecule has 2 N–H and O–H groups in total. The molecular weight excluding hydrogens is 286 g/mol. The van der Waals surface area contributed by atoms with Crippen LogP contribution in [0.5, 0.6) is 0 Å². The molecule has 116 valence electrons. The molecule has 0 radical (unpaired) electrons. The quantitative estimate of drug-likeness (QED) is 0.856. The standard InChI is InChI=1S/C15H17N3O4/c1-18-12-5-3-2-4-9(12)11(17-18)8-13(19)16-10-6-7-22-14(10)15(20)21/h2-5,10,14H,6-8H2,1H3,(H,16,19)(H,20,21)/t10-,14+/m1/s1.